The van der Waals surface area contributed by atoms with E-state index in [0.717, 1.165) is 5.56 Å². The molecule has 7 heteroatoms. The van der Waals surface area contributed by atoms with E-state index in [1.807, 2.05) is 0 Å². The lowest BCUT2D eigenvalue weighted by Gasteiger charge is -2.06. The standard InChI is InChI=1S/C15H14N4O3/c1-8-11(9(2)22-19-8)6-14(20)18-10-3-4-13-12(5-10)15(21)17-7-16-13/h3-5,7H,6H2,1-2H3,(H,18,20)(H,16,17,21). The Bertz CT molecular complexity index is 891. The molecule has 0 fully saturated rings. The summed E-state index contributed by atoms with van der Waals surface area (Å²) in [4.78, 5) is 30.4. The van der Waals surface area contributed by atoms with Crippen LogP contribution in [-0.2, 0) is 11.2 Å². The molecule has 0 bridgehead atoms. The first-order valence-electron chi connectivity index (χ1n) is 6.73. The minimum absolute atomic E-state index is 0.169. The Morgan fingerprint density at radius 1 is 1.36 bits per heavy atom. The second-order valence-electron chi connectivity index (χ2n) is 4.99. The molecule has 7 nitrogen and oxygen atoms in total. The molecule has 22 heavy (non-hydrogen) atoms. The van der Waals surface area contributed by atoms with Gasteiger partial charge in [-0.25, -0.2) is 4.98 Å². The average Bonchev–Trinajstić information content (AvgIpc) is 2.80. The Morgan fingerprint density at radius 3 is 2.91 bits per heavy atom. The van der Waals surface area contributed by atoms with Gasteiger partial charge in [0.1, 0.15) is 5.76 Å². The van der Waals surface area contributed by atoms with Gasteiger partial charge in [0.2, 0.25) is 5.91 Å². The summed E-state index contributed by atoms with van der Waals surface area (Å²) in [7, 11) is 0. The highest BCUT2D eigenvalue weighted by Gasteiger charge is 2.13. The van der Waals surface area contributed by atoms with Gasteiger partial charge in [-0.05, 0) is 32.0 Å². The zero-order valence-electron chi connectivity index (χ0n) is 12.1. The van der Waals surface area contributed by atoms with Crippen LogP contribution in [0, 0.1) is 13.8 Å². The number of anilines is 1. The molecule has 3 aromatic rings. The van der Waals surface area contributed by atoms with Crippen LogP contribution in [0.4, 0.5) is 5.69 Å². The van der Waals surface area contributed by atoms with Gasteiger partial charge in [0.25, 0.3) is 5.56 Å². The molecule has 1 amide bonds. The van der Waals surface area contributed by atoms with Crippen molar-refractivity contribution in [1.82, 2.24) is 15.1 Å². The summed E-state index contributed by atoms with van der Waals surface area (Å²) in [6, 6.07) is 5.00. The van der Waals surface area contributed by atoms with Crippen LogP contribution < -0.4 is 10.9 Å². The number of nitrogens with one attached hydrogen (secondary N) is 2. The largest absolute Gasteiger partial charge is 0.361 e. The first-order valence-corrected chi connectivity index (χ1v) is 6.73. The van der Waals surface area contributed by atoms with E-state index in [-0.39, 0.29) is 17.9 Å². The SMILES string of the molecule is Cc1noc(C)c1CC(=O)Nc1ccc2nc[nH]c(=O)c2c1. The first kappa shape index (κ1) is 14.0. The van der Waals surface area contributed by atoms with Crippen LogP contribution in [0.1, 0.15) is 17.0 Å². The highest BCUT2D eigenvalue weighted by molar-refractivity contribution is 5.94. The predicted molar refractivity (Wildman–Crippen MR) is 80.7 cm³/mol. The topological polar surface area (TPSA) is 101 Å². The van der Waals surface area contributed by atoms with Crippen LogP contribution in [0.2, 0.25) is 0 Å². The smallest absolute Gasteiger partial charge is 0.258 e. The number of amides is 1. The van der Waals surface area contributed by atoms with Gasteiger partial charge in [0.05, 0.1) is 29.3 Å². The normalized spacial score (nSPS) is 10.8. The van der Waals surface area contributed by atoms with E-state index in [1.165, 1.54) is 6.33 Å². The van der Waals surface area contributed by atoms with Crippen molar-refractivity contribution in [2.75, 3.05) is 5.32 Å². The Labute approximate surface area is 125 Å². The average molecular weight is 298 g/mol. The fourth-order valence-electron chi connectivity index (χ4n) is 2.27. The molecule has 0 radical (unpaired) electrons. The molecule has 2 heterocycles. The number of nitrogens with zero attached hydrogens (tertiary/aromatic N) is 2. The third-order valence-corrected chi connectivity index (χ3v) is 3.44. The highest BCUT2D eigenvalue weighted by atomic mass is 16.5. The van der Waals surface area contributed by atoms with Crippen molar-refractivity contribution >= 4 is 22.5 Å². The van der Waals surface area contributed by atoms with E-state index in [1.54, 1.807) is 32.0 Å². The summed E-state index contributed by atoms with van der Waals surface area (Å²) in [5, 5.41) is 7.01. The molecule has 0 spiro atoms. The van der Waals surface area contributed by atoms with Crippen LogP contribution in [0.25, 0.3) is 10.9 Å². The Kier molecular flexibility index (Phi) is 3.46. The van der Waals surface area contributed by atoms with Gasteiger partial charge in [0, 0.05) is 11.3 Å². The van der Waals surface area contributed by atoms with Crippen molar-refractivity contribution in [1.29, 1.82) is 0 Å². The number of hydrogen-bond acceptors (Lipinski definition) is 5. The van der Waals surface area contributed by atoms with Gasteiger partial charge in [-0.2, -0.15) is 0 Å². The summed E-state index contributed by atoms with van der Waals surface area (Å²) in [6.07, 6.45) is 1.52. The molecular weight excluding hydrogens is 284 g/mol. The predicted octanol–water partition coefficient (Wildman–Crippen LogP) is 1.71. The third kappa shape index (κ3) is 2.60. The molecule has 0 aliphatic rings. The molecule has 0 atom stereocenters. The number of aromatic amines is 1. The van der Waals surface area contributed by atoms with E-state index in [4.69, 9.17) is 4.52 Å². The van der Waals surface area contributed by atoms with Crippen molar-refractivity contribution in [3.8, 4) is 0 Å². The number of fused-ring (bicyclic) bond motifs is 1. The molecule has 2 N–H and O–H groups in total. The Hall–Kier alpha value is -2.96. The highest BCUT2D eigenvalue weighted by Crippen LogP contribution is 2.16. The van der Waals surface area contributed by atoms with Crippen molar-refractivity contribution in [3.05, 3.63) is 51.9 Å². The summed E-state index contributed by atoms with van der Waals surface area (Å²) >= 11 is 0. The minimum Gasteiger partial charge on any atom is -0.361 e. The van der Waals surface area contributed by atoms with Crippen LogP contribution >= 0.6 is 0 Å². The molecule has 0 aliphatic carbocycles. The van der Waals surface area contributed by atoms with Crippen molar-refractivity contribution in [3.63, 3.8) is 0 Å². The van der Waals surface area contributed by atoms with Gasteiger partial charge < -0.3 is 14.8 Å². The maximum atomic E-state index is 12.1. The molecule has 0 saturated carbocycles. The second kappa shape index (κ2) is 5.44. The molecule has 0 saturated heterocycles. The number of aryl methyl sites for hydroxylation is 2. The van der Waals surface area contributed by atoms with Gasteiger partial charge in [-0.15, -0.1) is 0 Å². The molecule has 112 valence electrons. The molecule has 3 rings (SSSR count). The zero-order valence-corrected chi connectivity index (χ0v) is 12.1. The lowest BCUT2D eigenvalue weighted by molar-refractivity contribution is -0.115. The molecule has 2 aromatic heterocycles. The zero-order chi connectivity index (χ0) is 15.7. The number of hydrogen-bond donors (Lipinski definition) is 2. The number of benzene rings is 1. The van der Waals surface area contributed by atoms with Gasteiger partial charge in [-0.3, -0.25) is 9.59 Å². The maximum Gasteiger partial charge on any atom is 0.258 e. The van der Waals surface area contributed by atoms with E-state index >= 15 is 0 Å². The van der Waals surface area contributed by atoms with Crippen LogP contribution in [0.15, 0.2) is 33.8 Å². The summed E-state index contributed by atoms with van der Waals surface area (Å²) in [6.45, 7) is 3.56. The number of carbonyl (C=O) groups excluding carboxylic acids is 1. The van der Waals surface area contributed by atoms with Crippen molar-refractivity contribution in [2.24, 2.45) is 0 Å². The number of rotatable bonds is 3. The van der Waals surface area contributed by atoms with Crippen molar-refractivity contribution in [2.45, 2.75) is 20.3 Å². The molecule has 1 aromatic carbocycles. The van der Waals surface area contributed by atoms with Crippen molar-refractivity contribution < 1.29 is 9.32 Å². The number of H-pyrrole nitrogens is 1. The molecular formula is C15H14N4O3. The molecule has 0 aliphatic heterocycles. The number of aromatic nitrogens is 3. The summed E-state index contributed by atoms with van der Waals surface area (Å²) in [5.41, 5.74) is 2.35. The third-order valence-electron chi connectivity index (χ3n) is 3.44. The number of carbonyl (C=O) groups is 1. The summed E-state index contributed by atoms with van der Waals surface area (Å²) in [5.74, 6) is 0.431. The van der Waals surface area contributed by atoms with E-state index in [2.05, 4.69) is 20.4 Å². The van der Waals surface area contributed by atoms with Gasteiger partial charge in [-0.1, -0.05) is 5.16 Å². The Morgan fingerprint density at radius 2 is 2.18 bits per heavy atom. The van der Waals surface area contributed by atoms with Gasteiger partial charge in [0.15, 0.2) is 0 Å². The second-order valence-corrected chi connectivity index (χ2v) is 4.99. The van der Waals surface area contributed by atoms with Crippen LogP contribution in [-0.4, -0.2) is 21.0 Å². The fourth-order valence-corrected chi connectivity index (χ4v) is 2.27. The summed E-state index contributed by atoms with van der Waals surface area (Å²) < 4.78 is 5.04. The fraction of sp³-hybridized carbons (Fsp3) is 0.200. The monoisotopic (exact) mass is 298 g/mol. The van der Waals surface area contributed by atoms with E-state index in [0.29, 0.717) is 28.0 Å². The van der Waals surface area contributed by atoms with Crippen LogP contribution in [0.3, 0.4) is 0 Å². The van der Waals surface area contributed by atoms with E-state index in [9.17, 15) is 9.59 Å². The van der Waals surface area contributed by atoms with E-state index < -0.39 is 0 Å². The first-order chi connectivity index (χ1) is 10.5. The quantitative estimate of drug-likeness (QED) is 0.766. The van der Waals surface area contributed by atoms with Gasteiger partial charge >= 0.3 is 0 Å². The Balaban J connectivity index is 1.82. The minimum atomic E-state index is -0.244. The molecule has 0 unspecified atom stereocenters. The van der Waals surface area contributed by atoms with Crippen LogP contribution in [0.5, 0.6) is 0 Å². The maximum absolute atomic E-state index is 12.1. The lowest BCUT2D eigenvalue weighted by Crippen LogP contribution is -2.15. The lowest BCUT2D eigenvalue weighted by atomic mass is 10.1.